The first kappa shape index (κ1) is 23.9. The maximum atomic E-state index is 12.9. The number of phenols is 3. The highest BCUT2D eigenvalue weighted by atomic mass is 16.5. The molecule has 0 amide bonds. The van der Waals surface area contributed by atoms with E-state index in [1.165, 1.54) is 18.2 Å². The van der Waals surface area contributed by atoms with Crippen molar-refractivity contribution in [2.45, 2.75) is 70.2 Å². The van der Waals surface area contributed by atoms with Crippen molar-refractivity contribution in [3.8, 4) is 23.0 Å². The Morgan fingerprint density at radius 1 is 1.06 bits per heavy atom. The van der Waals surface area contributed by atoms with Gasteiger partial charge >= 0.3 is 0 Å². The zero-order chi connectivity index (χ0) is 24.6. The number of aliphatic hydroxyl groups excluding tert-OH is 2. The second-order valence-electron chi connectivity index (χ2n) is 9.22. The van der Waals surface area contributed by atoms with Crippen LogP contribution >= 0.6 is 0 Å². The third-order valence-electron chi connectivity index (χ3n) is 6.56. The quantitative estimate of drug-likeness (QED) is 0.326. The van der Waals surface area contributed by atoms with E-state index < -0.39 is 23.2 Å². The second kappa shape index (κ2) is 9.19. The number of hydrogen-bond acceptors (Lipinski definition) is 8. The number of fused-ring (bicyclic) bond motifs is 2. The number of benzene rings is 2. The molecule has 2 heterocycles. The Kier molecular flexibility index (Phi) is 6.47. The van der Waals surface area contributed by atoms with E-state index in [2.05, 4.69) is 6.92 Å². The number of rotatable bonds is 7. The zero-order valence-electron chi connectivity index (χ0n) is 19.2. The van der Waals surface area contributed by atoms with E-state index in [1.54, 1.807) is 0 Å². The SMILES string of the molecule is CCCCCC[C@@]1(C)Oc2cc3oc([C@H](O)c4cc(O)cc(O)c4)cc(=O)c3c(O)c2C[C@H]1O. The fourth-order valence-electron chi connectivity index (χ4n) is 4.55. The molecule has 0 fully saturated rings. The maximum absolute atomic E-state index is 12.9. The molecule has 5 N–H and O–H groups in total. The van der Waals surface area contributed by atoms with E-state index in [0.717, 1.165) is 37.8 Å². The van der Waals surface area contributed by atoms with Crippen molar-refractivity contribution in [1.29, 1.82) is 0 Å². The number of hydrogen-bond donors (Lipinski definition) is 5. The van der Waals surface area contributed by atoms with Gasteiger partial charge in [-0.05, 0) is 37.5 Å². The molecular weight excluding hydrogens is 440 g/mol. The Bertz CT molecular complexity index is 1240. The summed E-state index contributed by atoms with van der Waals surface area (Å²) in [6.07, 6.45) is 2.58. The van der Waals surface area contributed by atoms with Crippen molar-refractivity contribution in [2.75, 3.05) is 0 Å². The largest absolute Gasteiger partial charge is 0.508 e. The number of phenolic OH excluding ortho intramolecular Hbond substituents is 3. The molecule has 34 heavy (non-hydrogen) atoms. The molecule has 0 radical (unpaired) electrons. The summed E-state index contributed by atoms with van der Waals surface area (Å²) in [5.74, 6) is -0.634. The van der Waals surface area contributed by atoms with Crippen LogP contribution in [0.5, 0.6) is 23.0 Å². The summed E-state index contributed by atoms with van der Waals surface area (Å²) in [6, 6.07) is 6.15. The molecule has 3 aromatic rings. The Morgan fingerprint density at radius 2 is 1.76 bits per heavy atom. The predicted molar refractivity (Wildman–Crippen MR) is 125 cm³/mol. The molecule has 3 atom stereocenters. The van der Waals surface area contributed by atoms with Gasteiger partial charge in [0.25, 0.3) is 0 Å². The van der Waals surface area contributed by atoms with Crippen molar-refractivity contribution < 1.29 is 34.7 Å². The molecule has 0 saturated heterocycles. The Balaban J connectivity index is 1.73. The lowest BCUT2D eigenvalue weighted by molar-refractivity contribution is -0.0610. The lowest BCUT2D eigenvalue weighted by atomic mass is 9.84. The van der Waals surface area contributed by atoms with Gasteiger partial charge < -0.3 is 34.7 Å². The fraction of sp³-hybridized carbons (Fsp3) is 0.423. The normalized spacial score (nSPS) is 20.6. The lowest BCUT2D eigenvalue weighted by Crippen LogP contribution is -2.49. The fourth-order valence-corrected chi connectivity index (χ4v) is 4.55. The van der Waals surface area contributed by atoms with Gasteiger partial charge in [-0.25, -0.2) is 0 Å². The molecule has 4 rings (SSSR count). The van der Waals surface area contributed by atoms with Crippen LogP contribution in [0.1, 0.15) is 68.9 Å². The first-order valence-electron chi connectivity index (χ1n) is 11.5. The summed E-state index contributed by atoms with van der Waals surface area (Å²) in [7, 11) is 0. The standard InChI is InChI=1S/C26H30O8/c1-3-4-5-6-7-26(2)22(30)11-17-19(34-26)13-20-23(25(17)32)18(29)12-21(33-20)24(31)14-8-15(27)10-16(28)9-14/h8-10,12-13,22,24,27-28,30-32H,3-7,11H2,1-2H3/t22-,24-,26-/m1/s1. The van der Waals surface area contributed by atoms with Gasteiger partial charge in [0.2, 0.25) is 0 Å². The second-order valence-corrected chi connectivity index (χ2v) is 9.22. The van der Waals surface area contributed by atoms with Gasteiger partial charge in [-0.15, -0.1) is 0 Å². The average Bonchev–Trinajstić information content (AvgIpc) is 2.77. The van der Waals surface area contributed by atoms with Crippen molar-refractivity contribution >= 4 is 11.0 Å². The van der Waals surface area contributed by atoms with Gasteiger partial charge in [0.05, 0.1) is 6.10 Å². The molecule has 8 heteroatoms. The average molecular weight is 471 g/mol. The van der Waals surface area contributed by atoms with Gasteiger partial charge in [0.15, 0.2) is 5.43 Å². The van der Waals surface area contributed by atoms with Crippen molar-refractivity contribution in [2.24, 2.45) is 0 Å². The summed E-state index contributed by atoms with van der Waals surface area (Å²) in [6.45, 7) is 3.96. The summed E-state index contributed by atoms with van der Waals surface area (Å²) < 4.78 is 11.9. The van der Waals surface area contributed by atoms with Crippen LogP contribution in [0.15, 0.2) is 39.5 Å². The predicted octanol–water partition coefficient (Wildman–Crippen LogP) is 4.02. The van der Waals surface area contributed by atoms with Gasteiger partial charge in [0, 0.05) is 30.2 Å². The highest BCUT2D eigenvalue weighted by molar-refractivity contribution is 5.87. The number of aromatic hydroxyl groups is 3. The van der Waals surface area contributed by atoms with Crippen molar-refractivity contribution in [3.63, 3.8) is 0 Å². The summed E-state index contributed by atoms with van der Waals surface area (Å²) in [5.41, 5.74) is -0.947. The highest BCUT2D eigenvalue weighted by Crippen LogP contribution is 2.44. The molecule has 182 valence electrons. The van der Waals surface area contributed by atoms with E-state index >= 15 is 0 Å². The van der Waals surface area contributed by atoms with Crippen LogP contribution in [0.2, 0.25) is 0 Å². The molecule has 0 aliphatic carbocycles. The minimum atomic E-state index is -1.44. The van der Waals surface area contributed by atoms with Crippen molar-refractivity contribution in [1.82, 2.24) is 0 Å². The van der Waals surface area contributed by atoms with Crippen LogP contribution in [0.3, 0.4) is 0 Å². The summed E-state index contributed by atoms with van der Waals surface area (Å²) in [5, 5.41) is 51.7. The molecule has 1 aliphatic heterocycles. The van der Waals surface area contributed by atoms with Crippen LogP contribution in [-0.4, -0.2) is 37.2 Å². The van der Waals surface area contributed by atoms with Gasteiger partial charge in [-0.2, -0.15) is 0 Å². The lowest BCUT2D eigenvalue weighted by Gasteiger charge is -2.40. The van der Waals surface area contributed by atoms with Gasteiger partial charge in [0.1, 0.15) is 51.4 Å². The molecule has 0 unspecified atom stereocenters. The maximum Gasteiger partial charge on any atom is 0.196 e. The number of unbranched alkanes of at least 4 members (excludes halogenated alkanes) is 3. The summed E-state index contributed by atoms with van der Waals surface area (Å²) >= 11 is 0. The van der Waals surface area contributed by atoms with Crippen LogP contribution < -0.4 is 10.2 Å². The first-order valence-corrected chi connectivity index (χ1v) is 11.5. The molecule has 2 aromatic carbocycles. The molecule has 1 aliphatic rings. The number of ether oxygens (including phenoxy) is 1. The molecule has 0 bridgehead atoms. The first-order chi connectivity index (χ1) is 16.1. The summed E-state index contributed by atoms with van der Waals surface area (Å²) in [4.78, 5) is 12.9. The van der Waals surface area contributed by atoms with Crippen LogP contribution in [0, 0.1) is 0 Å². The molecule has 1 aromatic heterocycles. The monoisotopic (exact) mass is 470 g/mol. The number of aliphatic hydroxyl groups is 2. The van der Waals surface area contributed by atoms with E-state index in [-0.39, 0.29) is 46.0 Å². The minimum absolute atomic E-state index is 0.0203. The minimum Gasteiger partial charge on any atom is -0.508 e. The van der Waals surface area contributed by atoms with E-state index in [9.17, 15) is 30.3 Å². The third kappa shape index (κ3) is 4.43. The Morgan fingerprint density at radius 3 is 2.44 bits per heavy atom. The van der Waals surface area contributed by atoms with Crippen LogP contribution in [0.25, 0.3) is 11.0 Å². The molecule has 8 nitrogen and oxygen atoms in total. The van der Waals surface area contributed by atoms with E-state index in [0.29, 0.717) is 17.7 Å². The van der Waals surface area contributed by atoms with Crippen LogP contribution in [0.4, 0.5) is 0 Å². The van der Waals surface area contributed by atoms with Crippen molar-refractivity contribution in [3.05, 3.63) is 57.4 Å². The smallest absolute Gasteiger partial charge is 0.196 e. The van der Waals surface area contributed by atoms with E-state index in [4.69, 9.17) is 9.15 Å². The molecule has 0 spiro atoms. The van der Waals surface area contributed by atoms with Gasteiger partial charge in [-0.3, -0.25) is 4.79 Å². The molecule has 0 saturated carbocycles. The molecular formula is C26H30O8. The zero-order valence-corrected chi connectivity index (χ0v) is 19.2. The topological polar surface area (TPSA) is 141 Å². The highest BCUT2D eigenvalue weighted by Gasteiger charge is 2.41. The Labute approximate surface area is 196 Å². The van der Waals surface area contributed by atoms with Gasteiger partial charge in [-0.1, -0.05) is 26.2 Å². The third-order valence-corrected chi connectivity index (χ3v) is 6.56. The Hall–Kier alpha value is -3.23. The van der Waals surface area contributed by atoms with Crippen LogP contribution in [-0.2, 0) is 6.42 Å². The van der Waals surface area contributed by atoms with E-state index in [1.807, 2.05) is 6.92 Å².